The lowest BCUT2D eigenvalue weighted by Crippen LogP contribution is -2.35. The molecule has 0 aliphatic heterocycles. The van der Waals surface area contributed by atoms with E-state index in [4.69, 9.17) is 9.52 Å². The molecule has 2 N–H and O–H groups in total. The SMILES string of the molecule is CCCNC(=O)CN(C)Cc1cc(C)c(C(=O)O)o1. The molecule has 1 rings (SSSR count). The van der Waals surface area contributed by atoms with Crippen LogP contribution in [0.25, 0.3) is 0 Å². The van der Waals surface area contributed by atoms with E-state index in [1.165, 1.54) is 0 Å². The molecule has 0 fully saturated rings. The largest absolute Gasteiger partial charge is 0.475 e. The molecule has 1 aromatic rings. The van der Waals surface area contributed by atoms with Crippen LogP contribution in [-0.2, 0) is 11.3 Å². The molecule has 0 saturated heterocycles. The standard InChI is InChI=1S/C13H20N2O4/c1-4-5-14-11(16)8-15(3)7-10-6-9(2)12(19-10)13(17)18/h6H,4-5,7-8H2,1-3H3,(H,14,16)(H,17,18). The fraction of sp³-hybridized carbons (Fsp3) is 0.538. The zero-order chi connectivity index (χ0) is 14.4. The second-order valence-electron chi connectivity index (χ2n) is 4.55. The summed E-state index contributed by atoms with van der Waals surface area (Å²) in [6, 6.07) is 1.68. The van der Waals surface area contributed by atoms with Crippen LogP contribution in [0.4, 0.5) is 0 Å². The average molecular weight is 268 g/mol. The third-order valence-corrected chi connectivity index (χ3v) is 2.57. The number of nitrogens with zero attached hydrogens (tertiary/aromatic N) is 1. The first-order valence-electron chi connectivity index (χ1n) is 6.21. The first kappa shape index (κ1) is 15.2. The van der Waals surface area contributed by atoms with Crippen LogP contribution in [0.3, 0.4) is 0 Å². The molecule has 0 unspecified atom stereocenters. The molecule has 0 aromatic carbocycles. The Kier molecular flexibility index (Phi) is 5.57. The number of amides is 1. The maximum absolute atomic E-state index is 11.5. The van der Waals surface area contributed by atoms with Crippen molar-refractivity contribution >= 4 is 11.9 Å². The van der Waals surface area contributed by atoms with E-state index < -0.39 is 5.97 Å². The average Bonchev–Trinajstić information content (AvgIpc) is 2.67. The lowest BCUT2D eigenvalue weighted by molar-refractivity contribution is -0.122. The topological polar surface area (TPSA) is 82.8 Å². The van der Waals surface area contributed by atoms with Crippen LogP contribution in [-0.4, -0.2) is 42.0 Å². The van der Waals surface area contributed by atoms with Gasteiger partial charge in [0.2, 0.25) is 11.7 Å². The van der Waals surface area contributed by atoms with Gasteiger partial charge in [-0.2, -0.15) is 0 Å². The van der Waals surface area contributed by atoms with Gasteiger partial charge in [0, 0.05) is 12.1 Å². The summed E-state index contributed by atoms with van der Waals surface area (Å²) in [6.45, 7) is 4.99. The smallest absolute Gasteiger partial charge is 0.372 e. The molecule has 0 aliphatic carbocycles. The number of carbonyl (C=O) groups is 2. The second-order valence-corrected chi connectivity index (χ2v) is 4.55. The van der Waals surface area contributed by atoms with E-state index in [1.54, 1.807) is 24.9 Å². The summed E-state index contributed by atoms with van der Waals surface area (Å²) in [7, 11) is 1.78. The van der Waals surface area contributed by atoms with E-state index in [0.29, 0.717) is 24.4 Å². The summed E-state index contributed by atoms with van der Waals surface area (Å²) in [5.74, 6) is -0.627. The zero-order valence-corrected chi connectivity index (χ0v) is 11.5. The fourth-order valence-corrected chi connectivity index (χ4v) is 1.73. The quantitative estimate of drug-likeness (QED) is 0.777. The van der Waals surface area contributed by atoms with Gasteiger partial charge in [-0.1, -0.05) is 6.92 Å². The lowest BCUT2D eigenvalue weighted by Gasteiger charge is -2.14. The molecule has 19 heavy (non-hydrogen) atoms. The highest BCUT2D eigenvalue weighted by Gasteiger charge is 2.15. The number of rotatable bonds is 7. The molecule has 1 aromatic heterocycles. The summed E-state index contributed by atoms with van der Waals surface area (Å²) < 4.78 is 5.24. The highest BCUT2D eigenvalue weighted by Crippen LogP contribution is 2.15. The maximum atomic E-state index is 11.5. The molecule has 1 amide bonds. The lowest BCUT2D eigenvalue weighted by atomic mass is 10.2. The van der Waals surface area contributed by atoms with Crippen molar-refractivity contribution in [3.63, 3.8) is 0 Å². The van der Waals surface area contributed by atoms with Crippen molar-refractivity contribution in [1.82, 2.24) is 10.2 Å². The van der Waals surface area contributed by atoms with Crippen LogP contribution in [0.5, 0.6) is 0 Å². The number of carboxylic acids is 1. The number of nitrogens with one attached hydrogen (secondary N) is 1. The van der Waals surface area contributed by atoms with Crippen LogP contribution in [0, 0.1) is 6.92 Å². The molecule has 6 heteroatoms. The van der Waals surface area contributed by atoms with E-state index >= 15 is 0 Å². The molecular formula is C13H20N2O4. The van der Waals surface area contributed by atoms with E-state index in [9.17, 15) is 9.59 Å². The van der Waals surface area contributed by atoms with Crippen molar-refractivity contribution < 1.29 is 19.1 Å². The first-order chi connectivity index (χ1) is 8.93. The van der Waals surface area contributed by atoms with Gasteiger partial charge in [0.1, 0.15) is 5.76 Å². The summed E-state index contributed by atoms with van der Waals surface area (Å²) >= 11 is 0. The first-order valence-corrected chi connectivity index (χ1v) is 6.21. The van der Waals surface area contributed by atoms with Gasteiger partial charge in [-0.3, -0.25) is 9.69 Å². The molecule has 6 nitrogen and oxygen atoms in total. The van der Waals surface area contributed by atoms with Gasteiger partial charge in [-0.15, -0.1) is 0 Å². The van der Waals surface area contributed by atoms with Gasteiger partial charge in [0.15, 0.2) is 0 Å². The van der Waals surface area contributed by atoms with Gasteiger partial charge in [0.25, 0.3) is 0 Å². The van der Waals surface area contributed by atoms with Crippen LogP contribution >= 0.6 is 0 Å². The molecule has 0 saturated carbocycles. The zero-order valence-electron chi connectivity index (χ0n) is 11.5. The number of carboxylic acid groups (broad SMARTS) is 1. The number of hydrogen-bond donors (Lipinski definition) is 2. The van der Waals surface area contributed by atoms with E-state index in [-0.39, 0.29) is 18.2 Å². The van der Waals surface area contributed by atoms with Crippen molar-refractivity contribution in [3.8, 4) is 0 Å². The van der Waals surface area contributed by atoms with E-state index in [1.807, 2.05) is 6.92 Å². The number of aromatic carboxylic acids is 1. The summed E-state index contributed by atoms with van der Waals surface area (Å²) in [5, 5.41) is 11.7. The predicted molar refractivity (Wildman–Crippen MR) is 70.0 cm³/mol. The monoisotopic (exact) mass is 268 g/mol. The molecule has 0 spiro atoms. The van der Waals surface area contributed by atoms with E-state index in [0.717, 1.165) is 6.42 Å². The summed E-state index contributed by atoms with van der Waals surface area (Å²) in [4.78, 5) is 24.1. The highest BCUT2D eigenvalue weighted by molar-refractivity contribution is 5.86. The number of aryl methyl sites for hydroxylation is 1. The molecule has 106 valence electrons. The van der Waals surface area contributed by atoms with E-state index in [2.05, 4.69) is 5.32 Å². The van der Waals surface area contributed by atoms with Crippen molar-refractivity contribution in [3.05, 3.63) is 23.2 Å². The van der Waals surface area contributed by atoms with Crippen molar-refractivity contribution in [2.24, 2.45) is 0 Å². The molecule has 0 radical (unpaired) electrons. The molecular weight excluding hydrogens is 248 g/mol. The minimum atomic E-state index is -1.08. The number of likely N-dealkylation sites (N-methyl/N-ethyl adjacent to an activating group) is 1. The minimum absolute atomic E-state index is 0.0427. The maximum Gasteiger partial charge on any atom is 0.372 e. The number of hydrogen-bond acceptors (Lipinski definition) is 4. The predicted octanol–water partition coefficient (Wildman–Crippen LogP) is 1.24. The summed E-state index contributed by atoms with van der Waals surface area (Å²) in [6.07, 6.45) is 0.898. The Balaban J connectivity index is 2.52. The third-order valence-electron chi connectivity index (χ3n) is 2.57. The number of carbonyl (C=O) groups excluding carboxylic acids is 1. The second kappa shape index (κ2) is 6.94. The van der Waals surface area contributed by atoms with Gasteiger partial charge in [-0.05, 0) is 26.5 Å². The van der Waals surface area contributed by atoms with Gasteiger partial charge < -0.3 is 14.8 Å². The fourth-order valence-electron chi connectivity index (χ4n) is 1.73. The Morgan fingerprint density at radius 3 is 2.68 bits per heavy atom. The Morgan fingerprint density at radius 2 is 2.16 bits per heavy atom. The van der Waals surface area contributed by atoms with Crippen LogP contribution in [0.2, 0.25) is 0 Å². The summed E-state index contributed by atoms with van der Waals surface area (Å²) in [5.41, 5.74) is 0.589. The van der Waals surface area contributed by atoms with Crippen molar-refractivity contribution in [2.45, 2.75) is 26.8 Å². The molecule has 0 atom stereocenters. The third kappa shape index (κ3) is 4.75. The Morgan fingerprint density at radius 1 is 1.47 bits per heavy atom. The van der Waals surface area contributed by atoms with Crippen LogP contribution in [0.15, 0.2) is 10.5 Å². The number of furan rings is 1. The van der Waals surface area contributed by atoms with Crippen molar-refractivity contribution in [2.75, 3.05) is 20.1 Å². The molecule has 0 bridgehead atoms. The van der Waals surface area contributed by atoms with Crippen LogP contribution < -0.4 is 5.32 Å². The Hall–Kier alpha value is -1.82. The highest BCUT2D eigenvalue weighted by atomic mass is 16.4. The molecule has 1 heterocycles. The van der Waals surface area contributed by atoms with Crippen LogP contribution in [0.1, 0.15) is 35.2 Å². The normalized spacial score (nSPS) is 10.7. The van der Waals surface area contributed by atoms with Gasteiger partial charge >= 0.3 is 5.97 Å². The van der Waals surface area contributed by atoms with Crippen molar-refractivity contribution in [1.29, 1.82) is 0 Å². The minimum Gasteiger partial charge on any atom is -0.475 e. The molecule has 0 aliphatic rings. The van der Waals surface area contributed by atoms with Gasteiger partial charge in [-0.25, -0.2) is 4.79 Å². The Labute approximate surface area is 112 Å². The Bertz CT molecular complexity index is 453. The van der Waals surface area contributed by atoms with Gasteiger partial charge in [0.05, 0.1) is 13.1 Å².